The van der Waals surface area contributed by atoms with Crippen LogP contribution in [0, 0.1) is 6.92 Å². The smallest absolute Gasteiger partial charge is 0.269 e. The number of carbonyl (C=O) groups is 1. The number of aromatic nitrogens is 2. The van der Waals surface area contributed by atoms with Gasteiger partial charge in [-0.1, -0.05) is 29.3 Å². The second-order valence-corrected chi connectivity index (χ2v) is 5.35. The van der Waals surface area contributed by atoms with Crippen molar-refractivity contribution in [1.29, 1.82) is 0 Å². The van der Waals surface area contributed by atoms with Crippen molar-refractivity contribution in [3.05, 3.63) is 56.1 Å². The molecule has 104 valence electrons. The SMILES string of the molecule is Cc1ccc(NC(=O)Cn2cnc(Cl)c(Br)c2=O)cc1. The van der Waals surface area contributed by atoms with Crippen LogP contribution in [-0.4, -0.2) is 15.5 Å². The van der Waals surface area contributed by atoms with Gasteiger partial charge in [0.05, 0.1) is 6.33 Å². The van der Waals surface area contributed by atoms with Crippen LogP contribution in [0.25, 0.3) is 0 Å². The lowest BCUT2D eigenvalue weighted by Gasteiger charge is -2.08. The molecule has 0 saturated heterocycles. The number of aryl methyl sites for hydroxylation is 1. The van der Waals surface area contributed by atoms with Gasteiger partial charge in [0, 0.05) is 5.69 Å². The van der Waals surface area contributed by atoms with Crippen molar-refractivity contribution in [3.8, 4) is 0 Å². The van der Waals surface area contributed by atoms with Gasteiger partial charge in [0.1, 0.15) is 11.0 Å². The van der Waals surface area contributed by atoms with Crippen molar-refractivity contribution in [2.24, 2.45) is 0 Å². The first-order valence-corrected chi connectivity index (χ1v) is 6.91. The molecule has 1 aromatic carbocycles. The fraction of sp³-hybridized carbons (Fsp3) is 0.154. The second-order valence-electron chi connectivity index (χ2n) is 4.20. The number of rotatable bonds is 3. The summed E-state index contributed by atoms with van der Waals surface area (Å²) in [6.07, 6.45) is 1.24. The fourth-order valence-electron chi connectivity index (χ4n) is 1.55. The highest BCUT2D eigenvalue weighted by molar-refractivity contribution is 9.10. The van der Waals surface area contributed by atoms with E-state index in [1.54, 1.807) is 12.1 Å². The van der Waals surface area contributed by atoms with Crippen LogP contribution in [0.5, 0.6) is 0 Å². The molecule has 5 nitrogen and oxygen atoms in total. The summed E-state index contributed by atoms with van der Waals surface area (Å²) >= 11 is 8.73. The standard InChI is InChI=1S/C13H11BrClN3O2/c1-8-2-4-9(5-3-8)17-10(19)6-18-7-16-12(15)11(14)13(18)20/h2-5,7H,6H2,1H3,(H,17,19). The molecule has 0 radical (unpaired) electrons. The maximum atomic E-state index is 11.9. The highest BCUT2D eigenvalue weighted by Gasteiger charge is 2.10. The Bertz CT molecular complexity index is 698. The molecule has 0 bridgehead atoms. The Balaban J connectivity index is 2.11. The molecule has 20 heavy (non-hydrogen) atoms. The average molecular weight is 357 g/mol. The lowest BCUT2D eigenvalue weighted by molar-refractivity contribution is -0.116. The van der Waals surface area contributed by atoms with E-state index in [2.05, 4.69) is 26.2 Å². The molecule has 0 atom stereocenters. The molecule has 2 aromatic rings. The Kier molecular flexibility index (Phi) is 4.57. The maximum absolute atomic E-state index is 11.9. The Morgan fingerprint density at radius 2 is 2.05 bits per heavy atom. The number of nitrogens with one attached hydrogen (secondary N) is 1. The number of nitrogens with zero attached hydrogens (tertiary/aromatic N) is 2. The molecule has 2 rings (SSSR count). The van der Waals surface area contributed by atoms with E-state index in [4.69, 9.17) is 11.6 Å². The molecule has 0 saturated carbocycles. The Hall–Kier alpha value is -1.66. The van der Waals surface area contributed by atoms with Crippen LogP contribution in [0.2, 0.25) is 5.15 Å². The van der Waals surface area contributed by atoms with Crippen LogP contribution in [0.15, 0.2) is 39.9 Å². The van der Waals surface area contributed by atoms with Crippen LogP contribution in [0.4, 0.5) is 5.69 Å². The van der Waals surface area contributed by atoms with Gasteiger partial charge in [-0.15, -0.1) is 0 Å². The summed E-state index contributed by atoms with van der Waals surface area (Å²) < 4.78 is 1.32. The number of carbonyl (C=O) groups excluding carboxylic acids is 1. The molecule has 0 aliphatic carbocycles. The zero-order chi connectivity index (χ0) is 14.7. The third kappa shape index (κ3) is 3.46. The summed E-state index contributed by atoms with van der Waals surface area (Å²) in [6, 6.07) is 7.38. The van der Waals surface area contributed by atoms with E-state index in [1.165, 1.54) is 10.9 Å². The Morgan fingerprint density at radius 3 is 2.70 bits per heavy atom. The molecule has 1 heterocycles. The summed E-state index contributed by atoms with van der Waals surface area (Å²) in [5, 5.41) is 2.78. The molecule has 1 aromatic heterocycles. The van der Waals surface area contributed by atoms with E-state index >= 15 is 0 Å². The van der Waals surface area contributed by atoms with Gasteiger partial charge in [0.25, 0.3) is 5.56 Å². The highest BCUT2D eigenvalue weighted by atomic mass is 79.9. The van der Waals surface area contributed by atoms with E-state index in [9.17, 15) is 9.59 Å². The van der Waals surface area contributed by atoms with Gasteiger partial charge in [-0.2, -0.15) is 0 Å². The lowest BCUT2D eigenvalue weighted by Crippen LogP contribution is -2.28. The molecule has 1 N–H and O–H groups in total. The number of amides is 1. The maximum Gasteiger partial charge on any atom is 0.269 e. The minimum absolute atomic E-state index is 0.0743. The van der Waals surface area contributed by atoms with Gasteiger partial charge < -0.3 is 5.32 Å². The Morgan fingerprint density at radius 1 is 1.40 bits per heavy atom. The first-order valence-electron chi connectivity index (χ1n) is 5.74. The summed E-state index contributed by atoms with van der Waals surface area (Å²) in [4.78, 5) is 27.5. The predicted molar refractivity (Wildman–Crippen MR) is 81.0 cm³/mol. The van der Waals surface area contributed by atoms with E-state index in [-0.39, 0.29) is 22.1 Å². The first kappa shape index (κ1) is 14.7. The van der Waals surface area contributed by atoms with Gasteiger partial charge in [-0.3, -0.25) is 14.2 Å². The van der Waals surface area contributed by atoms with Crippen molar-refractivity contribution in [2.45, 2.75) is 13.5 Å². The van der Waals surface area contributed by atoms with Crippen molar-refractivity contribution in [1.82, 2.24) is 9.55 Å². The molecule has 0 unspecified atom stereocenters. The Labute approximate surface area is 128 Å². The van der Waals surface area contributed by atoms with Crippen LogP contribution in [0.3, 0.4) is 0 Å². The van der Waals surface area contributed by atoms with Crippen molar-refractivity contribution >= 4 is 39.1 Å². The molecule has 0 aliphatic heterocycles. The van der Waals surface area contributed by atoms with E-state index < -0.39 is 5.56 Å². The van der Waals surface area contributed by atoms with E-state index in [1.807, 2.05) is 19.1 Å². The van der Waals surface area contributed by atoms with E-state index in [0.29, 0.717) is 5.69 Å². The normalized spacial score (nSPS) is 10.3. The van der Waals surface area contributed by atoms with Crippen molar-refractivity contribution < 1.29 is 4.79 Å². The fourth-order valence-corrected chi connectivity index (χ4v) is 2.00. The van der Waals surface area contributed by atoms with Gasteiger partial charge in [0.2, 0.25) is 5.91 Å². The van der Waals surface area contributed by atoms with Gasteiger partial charge in [-0.05, 0) is 35.0 Å². The third-order valence-corrected chi connectivity index (χ3v) is 3.82. The van der Waals surface area contributed by atoms with Crippen molar-refractivity contribution in [3.63, 3.8) is 0 Å². The van der Waals surface area contributed by atoms with E-state index in [0.717, 1.165) is 5.56 Å². The summed E-state index contributed by atoms with van der Waals surface area (Å²) in [5.74, 6) is -0.313. The number of anilines is 1. The van der Waals surface area contributed by atoms with Crippen LogP contribution in [-0.2, 0) is 11.3 Å². The van der Waals surface area contributed by atoms with Crippen LogP contribution < -0.4 is 10.9 Å². The summed E-state index contributed by atoms with van der Waals surface area (Å²) in [7, 11) is 0. The summed E-state index contributed by atoms with van der Waals surface area (Å²) in [6.45, 7) is 1.83. The number of benzene rings is 1. The third-order valence-electron chi connectivity index (χ3n) is 2.59. The molecular weight excluding hydrogens is 346 g/mol. The minimum Gasteiger partial charge on any atom is -0.325 e. The minimum atomic E-state index is -0.399. The number of hydrogen-bond acceptors (Lipinski definition) is 3. The van der Waals surface area contributed by atoms with Crippen LogP contribution >= 0.6 is 27.5 Å². The largest absolute Gasteiger partial charge is 0.325 e. The lowest BCUT2D eigenvalue weighted by atomic mass is 10.2. The monoisotopic (exact) mass is 355 g/mol. The van der Waals surface area contributed by atoms with Gasteiger partial charge >= 0.3 is 0 Å². The quantitative estimate of drug-likeness (QED) is 0.860. The number of halogens is 2. The molecule has 1 amide bonds. The molecule has 0 fully saturated rings. The van der Waals surface area contributed by atoms with Crippen LogP contribution in [0.1, 0.15) is 5.56 Å². The second kappa shape index (κ2) is 6.19. The zero-order valence-corrected chi connectivity index (χ0v) is 12.9. The molecule has 0 spiro atoms. The first-order chi connectivity index (χ1) is 9.47. The molecule has 7 heteroatoms. The summed E-state index contributed by atoms with van der Waals surface area (Å²) in [5.41, 5.74) is 1.38. The highest BCUT2D eigenvalue weighted by Crippen LogP contribution is 2.13. The number of hydrogen-bond donors (Lipinski definition) is 1. The molecular formula is C13H11BrClN3O2. The average Bonchev–Trinajstić information content (AvgIpc) is 2.42. The topological polar surface area (TPSA) is 64.0 Å². The van der Waals surface area contributed by atoms with Crippen molar-refractivity contribution in [2.75, 3.05) is 5.32 Å². The molecule has 0 aliphatic rings. The van der Waals surface area contributed by atoms with Gasteiger partial charge in [0.15, 0.2) is 5.15 Å². The zero-order valence-electron chi connectivity index (χ0n) is 10.6. The van der Waals surface area contributed by atoms with Gasteiger partial charge in [-0.25, -0.2) is 4.98 Å². The predicted octanol–water partition coefficient (Wildman–Crippen LogP) is 2.61.